The number of pyridine rings is 1. The number of aliphatic carboxylic acids is 1. The number of carbonyl (C=O) groups is 2. The first-order valence-corrected chi connectivity index (χ1v) is 5.68. The van der Waals surface area contributed by atoms with E-state index in [1.54, 1.807) is 7.05 Å². The largest absolute Gasteiger partial charge is 0.479 e. The van der Waals surface area contributed by atoms with E-state index in [1.807, 2.05) is 0 Å². The molecule has 8 nitrogen and oxygen atoms in total. The second kappa shape index (κ2) is 5.39. The molecule has 1 unspecified atom stereocenters. The van der Waals surface area contributed by atoms with Gasteiger partial charge in [-0.25, -0.2) is 4.79 Å². The molecule has 0 spiro atoms. The topological polar surface area (TPSA) is 117 Å². The highest BCUT2D eigenvalue weighted by Crippen LogP contribution is 2.12. The lowest BCUT2D eigenvalue weighted by atomic mass is 10.1. The number of carbonyl (C=O) groups excluding carboxylic acids is 1. The molecule has 1 amide bonds. The number of hydrogen-bond donors (Lipinski definition) is 3. The minimum Gasteiger partial charge on any atom is -0.479 e. The third kappa shape index (κ3) is 2.74. The maximum atomic E-state index is 11.9. The van der Waals surface area contributed by atoms with Gasteiger partial charge in [0.1, 0.15) is 5.56 Å². The van der Waals surface area contributed by atoms with Crippen molar-refractivity contribution >= 4 is 11.9 Å². The Labute approximate surface area is 113 Å². The van der Waals surface area contributed by atoms with Crippen LogP contribution in [0.4, 0.5) is 0 Å². The van der Waals surface area contributed by atoms with Crippen molar-refractivity contribution < 1.29 is 14.7 Å². The highest BCUT2D eigenvalue weighted by Gasteiger charge is 2.24. The van der Waals surface area contributed by atoms with Crippen LogP contribution in [-0.2, 0) is 11.8 Å². The van der Waals surface area contributed by atoms with Gasteiger partial charge in [-0.15, -0.1) is 0 Å². The summed E-state index contributed by atoms with van der Waals surface area (Å²) in [5.74, 6) is -2.00. The number of aromatic amines is 1. The molecule has 2 aromatic rings. The molecule has 1 atom stereocenters. The number of carboxylic acids is 1. The van der Waals surface area contributed by atoms with Crippen LogP contribution in [0.25, 0.3) is 0 Å². The average molecular weight is 276 g/mol. The van der Waals surface area contributed by atoms with E-state index in [2.05, 4.69) is 15.4 Å². The SMILES string of the molecule is Cn1cc(C(NC(=O)c2c[nH]ccc2=O)C(=O)O)cn1. The van der Waals surface area contributed by atoms with Gasteiger partial charge in [0.15, 0.2) is 11.5 Å². The van der Waals surface area contributed by atoms with Crippen LogP contribution >= 0.6 is 0 Å². The lowest BCUT2D eigenvalue weighted by Gasteiger charge is -2.12. The second-order valence-electron chi connectivity index (χ2n) is 4.11. The summed E-state index contributed by atoms with van der Waals surface area (Å²) in [6, 6.07) is -0.0785. The van der Waals surface area contributed by atoms with Gasteiger partial charge in [0.25, 0.3) is 5.91 Å². The number of carboxylic acid groups (broad SMARTS) is 1. The first-order valence-electron chi connectivity index (χ1n) is 5.68. The Morgan fingerprint density at radius 2 is 2.25 bits per heavy atom. The van der Waals surface area contributed by atoms with Crippen LogP contribution in [0.5, 0.6) is 0 Å². The van der Waals surface area contributed by atoms with Crippen LogP contribution in [0.3, 0.4) is 0 Å². The lowest BCUT2D eigenvalue weighted by Crippen LogP contribution is -2.35. The molecule has 0 aliphatic heterocycles. The molecule has 0 fully saturated rings. The Hall–Kier alpha value is -2.90. The van der Waals surface area contributed by atoms with Gasteiger partial charge >= 0.3 is 5.97 Å². The molecule has 2 rings (SSSR count). The fourth-order valence-electron chi connectivity index (χ4n) is 1.68. The van der Waals surface area contributed by atoms with E-state index in [9.17, 15) is 14.4 Å². The summed E-state index contributed by atoms with van der Waals surface area (Å²) in [5.41, 5.74) is -0.320. The van der Waals surface area contributed by atoms with E-state index in [1.165, 1.54) is 35.5 Å². The average Bonchev–Trinajstić information content (AvgIpc) is 2.82. The van der Waals surface area contributed by atoms with Crippen LogP contribution in [0.15, 0.2) is 35.6 Å². The Morgan fingerprint density at radius 3 is 2.80 bits per heavy atom. The monoisotopic (exact) mass is 276 g/mol. The molecule has 0 radical (unpaired) electrons. The number of aryl methyl sites for hydroxylation is 1. The van der Waals surface area contributed by atoms with Gasteiger partial charge in [-0.05, 0) is 0 Å². The van der Waals surface area contributed by atoms with Crippen LogP contribution in [0, 0.1) is 0 Å². The van der Waals surface area contributed by atoms with Crippen molar-refractivity contribution in [3.63, 3.8) is 0 Å². The predicted octanol–water partition coefficient (Wildman–Crippen LogP) is -0.336. The van der Waals surface area contributed by atoms with Crippen molar-refractivity contribution in [1.82, 2.24) is 20.1 Å². The quantitative estimate of drug-likeness (QED) is 0.706. The van der Waals surface area contributed by atoms with Gasteiger partial charge in [0.05, 0.1) is 6.20 Å². The van der Waals surface area contributed by atoms with Gasteiger partial charge < -0.3 is 15.4 Å². The molecule has 2 aromatic heterocycles. The Bertz CT molecular complexity index is 703. The first kappa shape index (κ1) is 13.5. The molecule has 3 N–H and O–H groups in total. The Morgan fingerprint density at radius 1 is 1.50 bits per heavy atom. The summed E-state index contributed by atoms with van der Waals surface area (Å²) < 4.78 is 1.42. The van der Waals surface area contributed by atoms with Gasteiger partial charge in [-0.2, -0.15) is 5.10 Å². The Kier molecular flexibility index (Phi) is 3.65. The highest BCUT2D eigenvalue weighted by molar-refractivity contribution is 5.96. The molecule has 0 bridgehead atoms. The molecular weight excluding hydrogens is 264 g/mol. The summed E-state index contributed by atoms with van der Waals surface area (Å²) in [5, 5.41) is 15.3. The molecule has 0 saturated heterocycles. The zero-order valence-electron chi connectivity index (χ0n) is 10.5. The van der Waals surface area contributed by atoms with E-state index < -0.39 is 23.3 Å². The van der Waals surface area contributed by atoms with Crippen molar-refractivity contribution in [2.24, 2.45) is 7.05 Å². The number of nitrogens with one attached hydrogen (secondary N) is 2. The zero-order valence-corrected chi connectivity index (χ0v) is 10.5. The summed E-state index contributed by atoms with van der Waals surface area (Å²) >= 11 is 0. The maximum Gasteiger partial charge on any atom is 0.331 e. The summed E-state index contributed by atoms with van der Waals surface area (Å²) in [6.45, 7) is 0. The Balaban J connectivity index is 2.26. The number of rotatable bonds is 4. The zero-order chi connectivity index (χ0) is 14.7. The third-order valence-corrected chi connectivity index (χ3v) is 2.65. The fourth-order valence-corrected chi connectivity index (χ4v) is 1.68. The van der Waals surface area contributed by atoms with Crippen molar-refractivity contribution in [3.05, 3.63) is 52.2 Å². The third-order valence-electron chi connectivity index (χ3n) is 2.65. The minimum atomic E-state index is -1.27. The molecule has 0 aliphatic carbocycles. The van der Waals surface area contributed by atoms with E-state index >= 15 is 0 Å². The molecule has 20 heavy (non-hydrogen) atoms. The van der Waals surface area contributed by atoms with Crippen molar-refractivity contribution in [3.8, 4) is 0 Å². The molecule has 104 valence electrons. The number of nitrogens with zero attached hydrogens (tertiary/aromatic N) is 2. The van der Waals surface area contributed by atoms with Crippen LogP contribution < -0.4 is 10.7 Å². The smallest absolute Gasteiger partial charge is 0.331 e. The van der Waals surface area contributed by atoms with Gasteiger partial charge in [0.2, 0.25) is 0 Å². The van der Waals surface area contributed by atoms with Crippen molar-refractivity contribution in [1.29, 1.82) is 0 Å². The molecule has 8 heteroatoms. The first-order chi connectivity index (χ1) is 9.49. The van der Waals surface area contributed by atoms with Gasteiger partial charge in [-0.3, -0.25) is 14.3 Å². The lowest BCUT2D eigenvalue weighted by molar-refractivity contribution is -0.139. The summed E-state index contributed by atoms with van der Waals surface area (Å²) in [7, 11) is 1.63. The fraction of sp³-hybridized carbons (Fsp3) is 0.167. The van der Waals surface area contributed by atoms with E-state index in [0.29, 0.717) is 5.56 Å². The van der Waals surface area contributed by atoms with Crippen LogP contribution in [0.2, 0.25) is 0 Å². The van der Waals surface area contributed by atoms with E-state index in [-0.39, 0.29) is 5.56 Å². The van der Waals surface area contributed by atoms with Crippen molar-refractivity contribution in [2.45, 2.75) is 6.04 Å². The number of H-pyrrole nitrogens is 1. The maximum absolute atomic E-state index is 11.9. The van der Waals surface area contributed by atoms with E-state index in [0.717, 1.165) is 0 Å². The van der Waals surface area contributed by atoms with Gasteiger partial charge in [-0.1, -0.05) is 0 Å². The number of amides is 1. The molecule has 0 aliphatic rings. The van der Waals surface area contributed by atoms with E-state index in [4.69, 9.17) is 5.11 Å². The van der Waals surface area contributed by atoms with Crippen LogP contribution in [0.1, 0.15) is 22.0 Å². The molecular formula is C12H12N4O4. The summed E-state index contributed by atoms with van der Waals surface area (Å²) in [6.07, 6.45) is 5.43. The predicted molar refractivity (Wildman–Crippen MR) is 68.1 cm³/mol. The van der Waals surface area contributed by atoms with Gasteiger partial charge in [0, 0.05) is 37.3 Å². The highest BCUT2D eigenvalue weighted by atomic mass is 16.4. The number of aromatic nitrogens is 3. The standard InChI is InChI=1S/C12H12N4O4/c1-16-6-7(4-14-16)10(12(19)20)15-11(18)8-5-13-3-2-9(8)17/h2-6,10H,1H3,(H,13,17)(H,15,18)(H,19,20). The molecule has 0 saturated carbocycles. The minimum absolute atomic E-state index is 0.150. The normalized spacial score (nSPS) is 11.8. The summed E-state index contributed by atoms with van der Waals surface area (Å²) in [4.78, 5) is 37.3. The van der Waals surface area contributed by atoms with Crippen molar-refractivity contribution in [2.75, 3.05) is 0 Å². The number of hydrogen-bond acceptors (Lipinski definition) is 4. The second-order valence-corrected chi connectivity index (χ2v) is 4.11. The van der Waals surface area contributed by atoms with Crippen LogP contribution in [-0.4, -0.2) is 31.7 Å². The molecule has 0 aromatic carbocycles. The molecule has 2 heterocycles.